The van der Waals surface area contributed by atoms with E-state index in [9.17, 15) is 4.79 Å². The molecule has 1 fully saturated rings. The second kappa shape index (κ2) is 6.34. The van der Waals surface area contributed by atoms with E-state index >= 15 is 0 Å². The number of methoxy groups -OCH3 is 1. The molecule has 0 bridgehead atoms. The van der Waals surface area contributed by atoms with Gasteiger partial charge in [-0.25, -0.2) is 9.78 Å². The zero-order valence-corrected chi connectivity index (χ0v) is 16.6. The largest absolute Gasteiger partial charge is 0.496 e. The molecule has 0 radical (unpaired) electrons. The third-order valence-corrected chi connectivity index (χ3v) is 5.87. The van der Waals surface area contributed by atoms with Crippen molar-refractivity contribution in [1.82, 2.24) is 20.1 Å². The number of fused-ring (bicyclic) bond motifs is 1. The summed E-state index contributed by atoms with van der Waals surface area (Å²) in [5.41, 5.74) is 6.42. The molecule has 0 spiro atoms. The van der Waals surface area contributed by atoms with Gasteiger partial charge in [-0.2, -0.15) is 0 Å². The summed E-state index contributed by atoms with van der Waals surface area (Å²) in [5.74, 6) is 0.635. The average Bonchev–Trinajstić information content (AvgIpc) is 3.15. The number of aromatic amines is 2. The molecule has 0 saturated heterocycles. The van der Waals surface area contributed by atoms with Gasteiger partial charge in [-0.1, -0.05) is 18.1 Å². The van der Waals surface area contributed by atoms with Crippen LogP contribution in [0.5, 0.6) is 5.75 Å². The normalized spacial score (nSPS) is 15.0. The van der Waals surface area contributed by atoms with E-state index in [1.807, 2.05) is 18.2 Å². The smallest absolute Gasteiger partial charge is 0.439 e. The van der Waals surface area contributed by atoms with Crippen LogP contribution in [0.15, 0.2) is 39.6 Å². The summed E-state index contributed by atoms with van der Waals surface area (Å²) in [6, 6.07) is 9.99. The van der Waals surface area contributed by atoms with Crippen LogP contribution in [0.1, 0.15) is 42.3 Å². The summed E-state index contributed by atoms with van der Waals surface area (Å²) in [5, 5.41) is 4.95. The van der Waals surface area contributed by atoms with Gasteiger partial charge in [-0.05, 0) is 49.1 Å². The number of nitrogens with one attached hydrogen (secondary N) is 2. The van der Waals surface area contributed by atoms with Crippen LogP contribution in [-0.2, 0) is 11.8 Å². The fourth-order valence-corrected chi connectivity index (χ4v) is 3.97. The molecule has 1 saturated carbocycles. The zero-order valence-electron chi connectivity index (χ0n) is 16.6. The quantitative estimate of drug-likeness (QED) is 0.539. The summed E-state index contributed by atoms with van der Waals surface area (Å²) >= 11 is 0. The number of rotatable bonds is 5. The predicted octanol–water partition coefficient (Wildman–Crippen LogP) is 3.87. The monoisotopic (exact) mass is 390 g/mol. The number of hydrogen-bond donors (Lipinski definition) is 2. The summed E-state index contributed by atoms with van der Waals surface area (Å²) < 4.78 is 10.1. The van der Waals surface area contributed by atoms with E-state index in [2.05, 4.69) is 45.6 Å². The zero-order chi connectivity index (χ0) is 20.2. The predicted molar refractivity (Wildman–Crippen MR) is 109 cm³/mol. The lowest BCUT2D eigenvalue weighted by atomic mass is 9.95. The van der Waals surface area contributed by atoms with Gasteiger partial charge in [0.05, 0.1) is 7.11 Å². The van der Waals surface area contributed by atoms with E-state index in [0.29, 0.717) is 17.9 Å². The molecule has 5 rings (SSSR count). The third kappa shape index (κ3) is 3.03. The molecule has 3 heterocycles. The number of nitrogens with zero attached hydrogens (tertiary/aromatic N) is 2. The minimum atomic E-state index is -0.586. The highest BCUT2D eigenvalue weighted by Gasteiger charge is 2.42. The van der Waals surface area contributed by atoms with Gasteiger partial charge in [0.1, 0.15) is 11.4 Å². The molecule has 29 heavy (non-hydrogen) atoms. The minimum Gasteiger partial charge on any atom is -0.496 e. The number of pyridine rings is 1. The summed E-state index contributed by atoms with van der Waals surface area (Å²) in [6.45, 7) is 4.36. The van der Waals surface area contributed by atoms with Crippen molar-refractivity contribution in [1.29, 1.82) is 0 Å². The van der Waals surface area contributed by atoms with Crippen LogP contribution in [0.4, 0.5) is 0 Å². The lowest BCUT2D eigenvalue weighted by molar-refractivity contribution is 0.387. The number of hydrogen-bond acceptors (Lipinski definition) is 5. The van der Waals surface area contributed by atoms with Crippen molar-refractivity contribution >= 4 is 10.9 Å². The van der Waals surface area contributed by atoms with Crippen molar-refractivity contribution in [2.75, 3.05) is 7.11 Å². The Kier molecular flexibility index (Phi) is 3.87. The Labute approximate surface area is 167 Å². The van der Waals surface area contributed by atoms with E-state index in [0.717, 1.165) is 22.5 Å². The van der Waals surface area contributed by atoms with Crippen LogP contribution in [0.3, 0.4) is 0 Å². The van der Waals surface area contributed by atoms with Crippen LogP contribution in [-0.4, -0.2) is 27.2 Å². The third-order valence-electron chi connectivity index (χ3n) is 5.87. The van der Waals surface area contributed by atoms with Crippen molar-refractivity contribution in [3.63, 3.8) is 0 Å². The van der Waals surface area contributed by atoms with Crippen LogP contribution in [0.2, 0.25) is 0 Å². The molecule has 1 aromatic carbocycles. The first-order chi connectivity index (χ1) is 14.0. The van der Waals surface area contributed by atoms with Gasteiger partial charge in [-0.3, -0.25) is 9.51 Å². The van der Waals surface area contributed by atoms with Gasteiger partial charge in [0, 0.05) is 40.2 Å². The van der Waals surface area contributed by atoms with Crippen molar-refractivity contribution in [2.45, 2.75) is 38.5 Å². The van der Waals surface area contributed by atoms with E-state index in [1.165, 1.54) is 29.5 Å². The Morgan fingerprint density at radius 3 is 2.76 bits per heavy atom. The number of ether oxygens (including phenoxy) is 1. The van der Waals surface area contributed by atoms with E-state index in [-0.39, 0.29) is 5.41 Å². The van der Waals surface area contributed by atoms with Crippen LogP contribution >= 0.6 is 0 Å². The Morgan fingerprint density at radius 2 is 2.07 bits per heavy atom. The van der Waals surface area contributed by atoms with E-state index in [4.69, 9.17) is 9.72 Å². The van der Waals surface area contributed by atoms with Gasteiger partial charge >= 0.3 is 5.76 Å². The number of benzene rings is 1. The van der Waals surface area contributed by atoms with Gasteiger partial charge in [0.2, 0.25) is 5.82 Å². The van der Waals surface area contributed by atoms with Crippen molar-refractivity contribution in [3.8, 4) is 17.3 Å². The second-order valence-electron chi connectivity index (χ2n) is 8.04. The maximum atomic E-state index is 11.3. The fraction of sp³-hybridized carbons (Fsp3) is 0.318. The summed E-state index contributed by atoms with van der Waals surface area (Å²) in [4.78, 5) is 22.2. The van der Waals surface area contributed by atoms with E-state index in [1.54, 1.807) is 7.11 Å². The summed E-state index contributed by atoms with van der Waals surface area (Å²) in [6.07, 6.45) is 3.04. The fourth-order valence-electron chi connectivity index (χ4n) is 3.97. The molecule has 0 unspecified atom stereocenters. The maximum absolute atomic E-state index is 11.3. The molecule has 1 aliphatic rings. The second-order valence-corrected chi connectivity index (χ2v) is 8.04. The Bertz CT molecular complexity index is 1280. The molecule has 0 aliphatic heterocycles. The van der Waals surface area contributed by atoms with Gasteiger partial charge in [0.15, 0.2) is 0 Å². The Hall–Kier alpha value is -3.35. The molecule has 0 atom stereocenters. The molecule has 7 heteroatoms. The molecule has 148 valence electrons. The van der Waals surface area contributed by atoms with Crippen molar-refractivity contribution in [2.24, 2.45) is 0 Å². The van der Waals surface area contributed by atoms with Crippen LogP contribution < -0.4 is 10.5 Å². The molecule has 4 aromatic rings. The Balaban J connectivity index is 1.61. The molecular weight excluding hydrogens is 368 g/mol. The highest BCUT2D eigenvalue weighted by molar-refractivity contribution is 5.88. The lowest BCUT2D eigenvalue weighted by Crippen LogP contribution is -2.06. The van der Waals surface area contributed by atoms with Gasteiger partial charge in [-0.15, -0.1) is 0 Å². The molecular formula is C22H22N4O3. The minimum absolute atomic E-state index is 0.185. The summed E-state index contributed by atoms with van der Waals surface area (Å²) in [7, 11) is 1.70. The molecule has 1 aliphatic carbocycles. The number of H-pyrrole nitrogens is 2. The van der Waals surface area contributed by atoms with Crippen molar-refractivity contribution < 1.29 is 9.26 Å². The highest BCUT2D eigenvalue weighted by Crippen LogP contribution is 2.50. The van der Waals surface area contributed by atoms with E-state index < -0.39 is 5.76 Å². The number of aromatic nitrogens is 4. The first-order valence-electron chi connectivity index (χ1n) is 9.69. The van der Waals surface area contributed by atoms with Crippen molar-refractivity contribution in [3.05, 3.63) is 63.4 Å². The Morgan fingerprint density at radius 1 is 1.24 bits per heavy atom. The van der Waals surface area contributed by atoms with Gasteiger partial charge < -0.3 is 9.72 Å². The molecule has 3 aromatic heterocycles. The number of aryl methyl sites for hydroxylation is 1. The molecule has 2 N–H and O–H groups in total. The molecule has 7 nitrogen and oxygen atoms in total. The molecule has 0 amide bonds. The SMILES string of the molecule is COc1cc2[nH]c(C3(C)CC3)c(Cc3cccc(-c4noc(=O)[nH]4)n3)c2cc1C. The lowest BCUT2D eigenvalue weighted by Gasteiger charge is -2.11. The topological polar surface area (TPSA) is 96.8 Å². The first kappa shape index (κ1) is 17.7. The van der Waals surface area contributed by atoms with Crippen LogP contribution in [0.25, 0.3) is 22.4 Å². The van der Waals surface area contributed by atoms with Crippen LogP contribution in [0, 0.1) is 6.92 Å². The van der Waals surface area contributed by atoms with Gasteiger partial charge in [0.25, 0.3) is 0 Å². The first-order valence-corrected chi connectivity index (χ1v) is 9.69. The maximum Gasteiger partial charge on any atom is 0.439 e. The average molecular weight is 390 g/mol. The standard InChI is InChI=1S/C22H22N4O3/c1-12-9-14-15(19(22(2)7-8-22)24-17(14)11-18(12)28-3)10-13-5-4-6-16(23-13)20-25-21(27)29-26-20/h4-6,9,11,24H,7-8,10H2,1-3H3,(H,25,26,27). The highest BCUT2D eigenvalue weighted by atomic mass is 16.5.